The van der Waals surface area contributed by atoms with E-state index in [1.165, 1.54) is 11.2 Å². The largest absolute Gasteiger partial charge is 0.493 e. The van der Waals surface area contributed by atoms with Crippen molar-refractivity contribution in [1.29, 1.82) is 0 Å². The lowest BCUT2D eigenvalue weighted by Crippen LogP contribution is -2.22. The fourth-order valence-electron chi connectivity index (χ4n) is 4.89. The Morgan fingerprint density at radius 1 is 1.00 bits per heavy atom. The van der Waals surface area contributed by atoms with Gasteiger partial charge < -0.3 is 30.7 Å². The number of amides is 1. The van der Waals surface area contributed by atoms with Gasteiger partial charge in [0.2, 0.25) is 0 Å². The van der Waals surface area contributed by atoms with Gasteiger partial charge in [-0.25, -0.2) is 24.2 Å². The number of nitrogens with two attached hydrogens (primary N) is 1. The molecule has 0 aliphatic rings. The van der Waals surface area contributed by atoms with E-state index in [0.29, 0.717) is 52.0 Å². The van der Waals surface area contributed by atoms with Crippen molar-refractivity contribution in [3.8, 4) is 28.3 Å². The molecule has 0 aliphatic carbocycles. The van der Waals surface area contributed by atoms with Gasteiger partial charge in [-0.1, -0.05) is 17.7 Å². The molecule has 1 amide bonds. The SMILES string of the molecule is CCOc1c(C(C)n2nc(-c3ccn(CCO)n3)c3c(N)ncnc32)cc(Cl)c(C)c1-c1ccc(C(=O)N(C)C)nc1.O=C(O)C(F)(F)F.O=C(O)C(F)(F)F. The zero-order valence-corrected chi connectivity index (χ0v) is 30.8. The maximum Gasteiger partial charge on any atom is 0.490 e. The summed E-state index contributed by atoms with van der Waals surface area (Å²) in [5.74, 6) is -4.80. The van der Waals surface area contributed by atoms with Crippen molar-refractivity contribution in [2.75, 3.05) is 33.0 Å². The minimum atomic E-state index is -5.08. The number of carbonyl (C=O) groups excluding carboxylic acids is 1. The van der Waals surface area contributed by atoms with Crippen LogP contribution in [0.2, 0.25) is 5.02 Å². The summed E-state index contributed by atoms with van der Waals surface area (Å²) in [6.45, 7) is 6.52. The average molecular weight is 818 g/mol. The maximum absolute atomic E-state index is 12.4. The summed E-state index contributed by atoms with van der Waals surface area (Å²) in [5, 5.41) is 34.2. The van der Waals surface area contributed by atoms with Crippen LogP contribution in [0.1, 0.15) is 41.5 Å². The van der Waals surface area contributed by atoms with Crippen LogP contribution in [-0.2, 0) is 16.1 Å². The van der Waals surface area contributed by atoms with Gasteiger partial charge in [0.05, 0.1) is 31.2 Å². The quantitative estimate of drug-likeness (QED) is 0.139. The molecule has 1 unspecified atom stereocenters. The van der Waals surface area contributed by atoms with Gasteiger partial charge in [-0.05, 0) is 44.5 Å². The molecule has 0 radical (unpaired) electrons. The summed E-state index contributed by atoms with van der Waals surface area (Å²) in [6, 6.07) is 6.82. The van der Waals surface area contributed by atoms with E-state index in [-0.39, 0.29) is 18.3 Å². The highest BCUT2D eigenvalue weighted by molar-refractivity contribution is 6.32. The molecule has 0 saturated carbocycles. The monoisotopic (exact) mass is 817 g/mol. The summed E-state index contributed by atoms with van der Waals surface area (Å²) >= 11 is 6.83. The molecule has 5 aromatic rings. The van der Waals surface area contributed by atoms with Crippen LogP contribution >= 0.6 is 11.6 Å². The van der Waals surface area contributed by atoms with Crippen LogP contribution in [0.3, 0.4) is 0 Å². The zero-order chi connectivity index (χ0) is 42.3. The van der Waals surface area contributed by atoms with Crippen LogP contribution in [0.5, 0.6) is 5.75 Å². The average Bonchev–Trinajstić information content (AvgIpc) is 3.75. The molecule has 302 valence electrons. The van der Waals surface area contributed by atoms with Crippen LogP contribution in [0.4, 0.5) is 32.2 Å². The molecule has 16 nitrogen and oxygen atoms in total. The van der Waals surface area contributed by atoms with Crippen molar-refractivity contribution in [3.63, 3.8) is 0 Å². The van der Waals surface area contributed by atoms with E-state index in [1.807, 2.05) is 39.0 Å². The Morgan fingerprint density at radius 2 is 1.61 bits per heavy atom. The highest BCUT2D eigenvalue weighted by atomic mass is 35.5. The normalized spacial score (nSPS) is 11.9. The van der Waals surface area contributed by atoms with Crippen molar-refractivity contribution in [3.05, 3.63) is 64.8 Å². The highest BCUT2D eigenvalue weighted by Crippen LogP contribution is 2.44. The predicted octanol–water partition coefficient (Wildman–Crippen LogP) is 5.26. The first-order valence-electron chi connectivity index (χ1n) is 15.9. The number of hydrogen-bond acceptors (Lipinski definition) is 11. The Kier molecular flexibility index (Phi) is 14.3. The molecule has 0 spiro atoms. The number of ether oxygens (including phenoxy) is 1. The second-order valence-electron chi connectivity index (χ2n) is 11.6. The number of nitrogen functional groups attached to an aromatic ring is 1. The van der Waals surface area contributed by atoms with Crippen molar-refractivity contribution in [2.45, 2.75) is 45.7 Å². The summed E-state index contributed by atoms with van der Waals surface area (Å²) in [5.41, 5.74) is 11.4. The molecule has 56 heavy (non-hydrogen) atoms. The molecule has 0 saturated heterocycles. The van der Waals surface area contributed by atoms with E-state index in [1.54, 1.807) is 41.9 Å². The van der Waals surface area contributed by atoms with Gasteiger partial charge in [0.1, 0.15) is 35.0 Å². The fourth-order valence-corrected chi connectivity index (χ4v) is 5.10. The van der Waals surface area contributed by atoms with Gasteiger partial charge >= 0.3 is 24.3 Å². The number of carbonyl (C=O) groups is 3. The van der Waals surface area contributed by atoms with E-state index < -0.39 is 30.3 Å². The summed E-state index contributed by atoms with van der Waals surface area (Å²) in [6.07, 6.45) is -5.34. The van der Waals surface area contributed by atoms with Crippen molar-refractivity contribution in [2.24, 2.45) is 0 Å². The molecule has 0 bridgehead atoms. The van der Waals surface area contributed by atoms with Crippen LogP contribution in [0, 0.1) is 6.92 Å². The molecule has 23 heteroatoms. The predicted molar refractivity (Wildman–Crippen MR) is 188 cm³/mol. The Morgan fingerprint density at radius 3 is 2.11 bits per heavy atom. The van der Waals surface area contributed by atoms with Gasteiger partial charge in [-0.2, -0.15) is 36.5 Å². The third-order valence-corrected chi connectivity index (χ3v) is 7.90. The lowest BCUT2D eigenvalue weighted by molar-refractivity contribution is -0.193. The molecular formula is C33H34ClF6N9O7. The van der Waals surface area contributed by atoms with Gasteiger partial charge in [0, 0.05) is 48.2 Å². The van der Waals surface area contributed by atoms with E-state index in [0.717, 1.165) is 22.3 Å². The minimum Gasteiger partial charge on any atom is -0.493 e. The second kappa shape index (κ2) is 18.1. The molecule has 0 fully saturated rings. The number of nitrogens with zero attached hydrogens (tertiary/aromatic N) is 8. The molecule has 4 aromatic heterocycles. The van der Waals surface area contributed by atoms with Crippen LogP contribution in [-0.4, -0.2) is 112 Å². The van der Waals surface area contributed by atoms with E-state index >= 15 is 0 Å². The number of carboxylic acid groups (broad SMARTS) is 2. The van der Waals surface area contributed by atoms with E-state index in [4.69, 9.17) is 47.0 Å². The second-order valence-corrected chi connectivity index (χ2v) is 12.0. The van der Waals surface area contributed by atoms with Crippen LogP contribution < -0.4 is 10.5 Å². The first-order chi connectivity index (χ1) is 26.0. The maximum atomic E-state index is 12.4. The van der Waals surface area contributed by atoms with Gasteiger partial charge in [0.15, 0.2) is 5.65 Å². The number of anilines is 1. The molecular weight excluding hydrogens is 784 g/mol. The number of fused-ring (bicyclic) bond motifs is 1. The number of pyridine rings is 1. The number of hydrogen-bond donors (Lipinski definition) is 4. The minimum absolute atomic E-state index is 0.0421. The number of aliphatic carboxylic acids is 2. The Hall–Kier alpha value is -6.03. The highest BCUT2D eigenvalue weighted by Gasteiger charge is 2.39. The smallest absolute Gasteiger partial charge is 0.490 e. The lowest BCUT2D eigenvalue weighted by atomic mass is 9.94. The molecule has 1 aromatic carbocycles. The number of aliphatic hydroxyl groups is 1. The number of carboxylic acids is 2. The number of rotatable bonds is 9. The first-order valence-corrected chi connectivity index (χ1v) is 16.3. The van der Waals surface area contributed by atoms with Crippen LogP contribution in [0.15, 0.2) is 43.0 Å². The number of alkyl halides is 6. The third kappa shape index (κ3) is 10.4. The Balaban J connectivity index is 0.000000512. The van der Waals surface area contributed by atoms with Crippen molar-refractivity contribution >= 4 is 46.3 Å². The number of aliphatic hydroxyl groups excluding tert-OH is 1. The molecule has 4 heterocycles. The fraction of sp³-hybridized carbons (Fsp3) is 0.333. The van der Waals surface area contributed by atoms with Crippen LogP contribution in [0.25, 0.3) is 33.5 Å². The lowest BCUT2D eigenvalue weighted by Gasteiger charge is -2.23. The Bertz CT molecular complexity index is 2170. The van der Waals surface area contributed by atoms with E-state index in [9.17, 15) is 36.2 Å². The Labute approximate surface area is 318 Å². The van der Waals surface area contributed by atoms with Gasteiger partial charge in [0.25, 0.3) is 5.91 Å². The topological polar surface area (TPSA) is 225 Å². The van der Waals surface area contributed by atoms with Gasteiger partial charge in [-0.3, -0.25) is 14.5 Å². The number of aromatic nitrogens is 7. The van der Waals surface area contributed by atoms with Crippen molar-refractivity contribution in [1.82, 2.24) is 39.4 Å². The van der Waals surface area contributed by atoms with Crippen molar-refractivity contribution < 1.29 is 60.8 Å². The third-order valence-electron chi connectivity index (χ3n) is 7.50. The van der Waals surface area contributed by atoms with E-state index in [2.05, 4.69) is 20.1 Å². The molecule has 1 atom stereocenters. The summed E-state index contributed by atoms with van der Waals surface area (Å²) in [4.78, 5) is 44.8. The molecule has 5 rings (SSSR count). The molecule has 0 aliphatic heterocycles. The summed E-state index contributed by atoms with van der Waals surface area (Å²) in [7, 11) is 3.37. The molecule has 5 N–H and O–H groups in total. The number of halogens is 7. The first kappa shape index (κ1) is 44.4. The zero-order valence-electron chi connectivity index (χ0n) is 30.0. The standard InChI is InChI=1S/C29H32ClN9O3.2C2HF3O2/c1-6-42-26-19(13-20(30)16(2)23(26)18-7-8-22(32-14-18)29(41)37(4)5)17(3)39-28-24(27(31)33-15-34-28)25(36-39)21-9-10-38(35-21)11-12-40;2*3-2(4,5)1(6)7/h7-10,13-15,17,40H,6,11-12H2,1-5H3,(H2,31,33,34);2*(H,6,7). The summed E-state index contributed by atoms with van der Waals surface area (Å²) < 4.78 is 73.1. The van der Waals surface area contributed by atoms with Gasteiger partial charge in [-0.15, -0.1) is 0 Å². The number of benzene rings is 1.